The van der Waals surface area contributed by atoms with Crippen molar-refractivity contribution in [3.05, 3.63) is 11.9 Å². The molecule has 2 rings (SSSR count). The molecular weight excluding hydrogens is 240 g/mol. The third-order valence-corrected chi connectivity index (χ3v) is 3.49. The van der Waals surface area contributed by atoms with Gasteiger partial charge in [-0.25, -0.2) is 4.98 Å². The van der Waals surface area contributed by atoms with Crippen molar-refractivity contribution in [1.82, 2.24) is 14.9 Å². The summed E-state index contributed by atoms with van der Waals surface area (Å²) in [7, 11) is 0. The minimum atomic E-state index is -0.0623. The Morgan fingerprint density at radius 2 is 2.42 bits per heavy atom. The number of rotatable bonds is 6. The van der Waals surface area contributed by atoms with Gasteiger partial charge in [-0.1, -0.05) is 26.2 Å². The molecule has 106 valence electrons. The number of nitrogens with one attached hydrogen (secondary N) is 2. The maximum absolute atomic E-state index is 12.1. The summed E-state index contributed by atoms with van der Waals surface area (Å²) in [4.78, 5) is 16.4. The van der Waals surface area contributed by atoms with Gasteiger partial charge in [-0.05, 0) is 19.8 Å². The molecule has 2 heterocycles. The van der Waals surface area contributed by atoms with Crippen molar-refractivity contribution in [2.24, 2.45) is 0 Å². The van der Waals surface area contributed by atoms with Crippen LogP contribution in [0.15, 0.2) is 6.20 Å². The van der Waals surface area contributed by atoms with Crippen molar-refractivity contribution >= 4 is 11.9 Å². The normalized spacial score (nSPS) is 15.5. The zero-order valence-electron chi connectivity index (χ0n) is 11.9. The third kappa shape index (κ3) is 3.72. The maximum Gasteiger partial charge on any atom is 0.271 e. The number of carbonyl (C=O) groups is 1. The fourth-order valence-corrected chi connectivity index (χ4v) is 2.36. The van der Waals surface area contributed by atoms with Gasteiger partial charge in [0.2, 0.25) is 5.95 Å². The summed E-state index contributed by atoms with van der Waals surface area (Å²) >= 11 is 0. The van der Waals surface area contributed by atoms with Crippen molar-refractivity contribution in [3.63, 3.8) is 0 Å². The molecule has 1 aliphatic heterocycles. The molecule has 2 N–H and O–H groups in total. The maximum atomic E-state index is 12.1. The number of hydrogen-bond acceptors (Lipinski definition) is 3. The Morgan fingerprint density at radius 3 is 3.16 bits per heavy atom. The van der Waals surface area contributed by atoms with E-state index in [2.05, 4.69) is 29.5 Å². The molecule has 5 heteroatoms. The van der Waals surface area contributed by atoms with Crippen molar-refractivity contribution in [2.75, 3.05) is 11.9 Å². The second-order valence-electron chi connectivity index (χ2n) is 5.29. The molecule has 1 atom stereocenters. The van der Waals surface area contributed by atoms with Gasteiger partial charge in [0.25, 0.3) is 5.91 Å². The SMILES string of the molecule is CCCCCC(C)NC(=O)c1cn2c(n1)NCCC2. The Bertz CT molecular complexity index is 404. The van der Waals surface area contributed by atoms with Crippen LogP contribution < -0.4 is 10.6 Å². The quantitative estimate of drug-likeness (QED) is 0.776. The molecule has 19 heavy (non-hydrogen) atoms. The fraction of sp³-hybridized carbons (Fsp3) is 0.714. The number of carbonyl (C=O) groups excluding carboxylic acids is 1. The second-order valence-corrected chi connectivity index (χ2v) is 5.29. The van der Waals surface area contributed by atoms with E-state index in [1.807, 2.05) is 10.8 Å². The largest absolute Gasteiger partial charge is 0.356 e. The van der Waals surface area contributed by atoms with Gasteiger partial charge < -0.3 is 15.2 Å². The number of aryl methyl sites for hydroxylation is 1. The van der Waals surface area contributed by atoms with Gasteiger partial charge in [0, 0.05) is 25.3 Å². The smallest absolute Gasteiger partial charge is 0.271 e. The Labute approximate surface area is 114 Å². The van der Waals surface area contributed by atoms with E-state index in [1.54, 1.807) is 0 Å². The molecule has 0 saturated carbocycles. The highest BCUT2D eigenvalue weighted by molar-refractivity contribution is 5.92. The van der Waals surface area contributed by atoms with Gasteiger partial charge in [0.15, 0.2) is 0 Å². The number of imidazole rings is 1. The van der Waals surface area contributed by atoms with E-state index >= 15 is 0 Å². The summed E-state index contributed by atoms with van der Waals surface area (Å²) in [6.45, 7) is 6.12. The lowest BCUT2D eigenvalue weighted by atomic mass is 10.1. The molecule has 1 unspecified atom stereocenters. The molecule has 5 nitrogen and oxygen atoms in total. The fourth-order valence-electron chi connectivity index (χ4n) is 2.36. The van der Waals surface area contributed by atoms with E-state index in [-0.39, 0.29) is 11.9 Å². The van der Waals surface area contributed by atoms with E-state index < -0.39 is 0 Å². The lowest BCUT2D eigenvalue weighted by molar-refractivity contribution is 0.0933. The van der Waals surface area contributed by atoms with Crippen LogP contribution >= 0.6 is 0 Å². The lowest BCUT2D eigenvalue weighted by Crippen LogP contribution is -2.32. The summed E-state index contributed by atoms with van der Waals surface area (Å²) in [5, 5.41) is 6.23. The van der Waals surface area contributed by atoms with Crippen molar-refractivity contribution < 1.29 is 4.79 Å². The molecule has 0 radical (unpaired) electrons. The Morgan fingerprint density at radius 1 is 1.58 bits per heavy atom. The Kier molecular flexibility index (Phi) is 4.82. The molecule has 1 aromatic rings. The van der Waals surface area contributed by atoms with Gasteiger partial charge in [-0.2, -0.15) is 0 Å². The van der Waals surface area contributed by atoms with Crippen LogP contribution in [0.2, 0.25) is 0 Å². The highest BCUT2D eigenvalue weighted by Crippen LogP contribution is 2.14. The molecule has 1 aromatic heterocycles. The van der Waals surface area contributed by atoms with Crippen LogP contribution in [0.3, 0.4) is 0 Å². The topological polar surface area (TPSA) is 59.0 Å². The lowest BCUT2D eigenvalue weighted by Gasteiger charge is -2.14. The second kappa shape index (κ2) is 6.59. The molecule has 0 bridgehead atoms. The van der Waals surface area contributed by atoms with Gasteiger partial charge in [0.05, 0.1) is 0 Å². The first-order chi connectivity index (χ1) is 9.20. The number of unbranched alkanes of at least 4 members (excludes halogenated alkanes) is 2. The van der Waals surface area contributed by atoms with Crippen LogP contribution in [-0.4, -0.2) is 28.0 Å². The number of aromatic nitrogens is 2. The molecule has 0 saturated heterocycles. The molecule has 0 fully saturated rings. The van der Waals surface area contributed by atoms with Gasteiger partial charge in [0.1, 0.15) is 5.69 Å². The van der Waals surface area contributed by atoms with Crippen LogP contribution in [-0.2, 0) is 6.54 Å². The zero-order chi connectivity index (χ0) is 13.7. The number of nitrogens with zero attached hydrogens (tertiary/aromatic N) is 2. The van der Waals surface area contributed by atoms with E-state index in [0.717, 1.165) is 31.9 Å². The van der Waals surface area contributed by atoms with E-state index in [0.29, 0.717) is 5.69 Å². The predicted octanol–water partition coefficient (Wildman–Crippen LogP) is 2.40. The standard InChI is InChI=1S/C14H24N4O/c1-3-4-5-7-11(2)16-13(19)12-10-18-9-6-8-15-14(18)17-12/h10-11H,3-9H2,1-2H3,(H,15,17)(H,16,19). The van der Waals surface area contributed by atoms with E-state index in [1.165, 1.54) is 19.3 Å². The minimum Gasteiger partial charge on any atom is -0.356 e. The van der Waals surface area contributed by atoms with Crippen LogP contribution in [0, 0.1) is 0 Å². The first-order valence-electron chi connectivity index (χ1n) is 7.32. The highest BCUT2D eigenvalue weighted by atomic mass is 16.2. The average Bonchev–Trinajstić information content (AvgIpc) is 2.83. The molecule has 0 aliphatic carbocycles. The molecular formula is C14H24N4O. The summed E-state index contributed by atoms with van der Waals surface area (Å²) in [5.41, 5.74) is 0.520. The zero-order valence-corrected chi connectivity index (χ0v) is 11.9. The average molecular weight is 264 g/mol. The molecule has 0 aromatic carbocycles. The van der Waals surface area contributed by atoms with Crippen LogP contribution in [0.25, 0.3) is 0 Å². The van der Waals surface area contributed by atoms with Gasteiger partial charge in [-0.15, -0.1) is 0 Å². The number of hydrogen-bond donors (Lipinski definition) is 2. The van der Waals surface area contributed by atoms with Crippen molar-refractivity contribution in [2.45, 2.75) is 58.5 Å². The summed E-state index contributed by atoms with van der Waals surface area (Å²) in [5.74, 6) is 0.753. The minimum absolute atomic E-state index is 0.0623. The summed E-state index contributed by atoms with van der Waals surface area (Å²) in [6.07, 6.45) is 7.56. The number of fused-ring (bicyclic) bond motifs is 1. The molecule has 1 amide bonds. The summed E-state index contributed by atoms with van der Waals surface area (Å²) in [6, 6.07) is 0.214. The van der Waals surface area contributed by atoms with E-state index in [9.17, 15) is 4.79 Å². The summed E-state index contributed by atoms with van der Waals surface area (Å²) < 4.78 is 2.01. The number of amides is 1. The first-order valence-corrected chi connectivity index (χ1v) is 7.32. The van der Waals surface area contributed by atoms with Crippen molar-refractivity contribution in [1.29, 1.82) is 0 Å². The van der Waals surface area contributed by atoms with Crippen LogP contribution in [0.1, 0.15) is 56.4 Å². The highest BCUT2D eigenvalue weighted by Gasteiger charge is 2.17. The van der Waals surface area contributed by atoms with Crippen LogP contribution in [0.5, 0.6) is 0 Å². The third-order valence-electron chi connectivity index (χ3n) is 3.49. The van der Waals surface area contributed by atoms with Crippen LogP contribution in [0.4, 0.5) is 5.95 Å². The number of anilines is 1. The van der Waals surface area contributed by atoms with Gasteiger partial charge in [-0.3, -0.25) is 4.79 Å². The van der Waals surface area contributed by atoms with E-state index in [4.69, 9.17) is 0 Å². The Hall–Kier alpha value is -1.52. The van der Waals surface area contributed by atoms with Crippen molar-refractivity contribution in [3.8, 4) is 0 Å². The Balaban J connectivity index is 1.87. The van der Waals surface area contributed by atoms with Gasteiger partial charge >= 0.3 is 0 Å². The predicted molar refractivity (Wildman–Crippen MR) is 76.4 cm³/mol. The molecule has 0 spiro atoms. The monoisotopic (exact) mass is 264 g/mol. The molecule has 1 aliphatic rings. The first kappa shape index (κ1) is 13.9.